The van der Waals surface area contributed by atoms with Gasteiger partial charge in [-0.1, -0.05) is 22.6 Å². The molecule has 0 aliphatic carbocycles. The minimum Gasteiger partial charge on any atom is -0.218 e. The van der Waals surface area contributed by atoms with E-state index in [0.29, 0.717) is 5.75 Å². The number of unbranched alkanes of at least 4 members (excludes halogenated alkanes) is 1. The third-order valence-corrected chi connectivity index (χ3v) is 3.63. The predicted molar refractivity (Wildman–Crippen MR) is 55.9 cm³/mol. The van der Waals surface area contributed by atoms with Gasteiger partial charge in [0.15, 0.2) is 0 Å². The average molecular weight is 374 g/mol. The van der Waals surface area contributed by atoms with Crippen molar-refractivity contribution in [2.75, 3.05) is 10.2 Å². The van der Waals surface area contributed by atoms with Crippen LogP contribution < -0.4 is 0 Å². The van der Waals surface area contributed by atoms with Crippen LogP contribution in [-0.4, -0.2) is 18.6 Å². The standard InChI is InChI=1S/C4H8I2O2S/c5-3-1-2-4-9(6,7)8/h1-4H2. The molecule has 0 fully saturated rings. The molecule has 0 aromatic carbocycles. The van der Waals surface area contributed by atoms with Crippen molar-refractivity contribution in [3.05, 3.63) is 0 Å². The van der Waals surface area contributed by atoms with Crippen LogP contribution in [0, 0.1) is 0 Å². The summed E-state index contributed by atoms with van der Waals surface area (Å²) >= 11 is 3.73. The molecular weight excluding hydrogens is 366 g/mol. The molecule has 0 bridgehead atoms. The minimum absolute atomic E-state index is 0.330. The second kappa shape index (κ2) is 5.11. The van der Waals surface area contributed by atoms with Gasteiger partial charge in [0.2, 0.25) is 7.01 Å². The predicted octanol–water partition coefficient (Wildman–Crippen LogP) is 1.97. The van der Waals surface area contributed by atoms with Crippen LogP contribution in [-0.2, 0) is 7.01 Å². The molecule has 0 unspecified atom stereocenters. The normalized spacial score (nSPS) is 11.8. The van der Waals surface area contributed by atoms with Gasteiger partial charge < -0.3 is 0 Å². The number of rotatable bonds is 4. The minimum atomic E-state index is -2.73. The van der Waals surface area contributed by atoms with E-state index in [1.807, 2.05) is 0 Å². The molecule has 0 saturated heterocycles. The SMILES string of the molecule is O=S(=O)(I)CCCCI. The van der Waals surface area contributed by atoms with Gasteiger partial charge in [0.1, 0.15) is 0 Å². The summed E-state index contributed by atoms with van der Waals surface area (Å²) in [5.41, 5.74) is 0. The van der Waals surface area contributed by atoms with Crippen LogP contribution in [0.25, 0.3) is 0 Å². The smallest absolute Gasteiger partial charge is 0.203 e. The summed E-state index contributed by atoms with van der Waals surface area (Å²) in [6.07, 6.45) is 1.80. The zero-order valence-corrected chi connectivity index (χ0v) is 9.94. The van der Waals surface area contributed by atoms with E-state index in [2.05, 4.69) is 22.6 Å². The molecule has 9 heavy (non-hydrogen) atoms. The van der Waals surface area contributed by atoms with Crippen LogP contribution in [0.15, 0.2) is 0 Å². The molecule has 0 aromatic heterocycles. The number of halogens is 2. The molecule has 0 aliphatic rings. The largest absolute Gasteiger partial charge is 0.218 e. The summed E-state index contributed by atoms with van der Waals surface area (Å²) in [5.74, 6) is 0.330. The van der Waals surface area contributed by atoms with Gasteiger partial charge >= 0.3 is 0 Å². The Morgan fingerprint density at radius 2 is 1.78 bits per heavy atom. The molecule has 5 heteroatoms. The topological polar surface area (TPSA) is 34.1 Å². The third kappa shape index (κ3) is 9.41. The molecule has 0 aromatic rings. The lowest BCUT2D eigenvalue weighted by atomic mass is 10.4. The van der Waals surface area contributed by atoms with Gasteiger partial charge in [-0.2, -0.15) is 0 Å². The molecule has 0 heterocycles. The maximum atomic E-state index is 10.5. The van der Waals surface area contributed by atoms with Gasteiger partial charge in [-0.05, 0) is 17.3 Å². The maximum Gasteiger partial charge on any atom is 0.203 e. The van der Waals surface area contributed by atoms with Crippen molar-refractivity contribution in [1.82, 2.24) is 0 Å². The summed E-state index contributed by atoms with van der Waals surface area (Å²) in [4.78, 5) is 0. The van der Waals surface area contributed by atoms with E-state index in [1.165, 1.54) is 21.2 Å². The molecule has 0 aliphatic heterocycles. The van der Waals surface area contributed by atoms with Crippen molar-refractivity contribution in [2.45, 2.75) is 12.8 Å². The van der Waals surface area contributed by atoms with E-state index >= 15 is 0 Å². The Morgan fingerprint density at radius 1 is 1.22 bits per heavy atom. The van der Waals surface area contributed by atoms with Gasteiger partial charge in [0.05, 0.1) is 27.0 Å². The highest BCUT2D eigenvalue weighted by Gasteiger charge is 2.01. The summed E-state index contributed by atoms with van der Waals surface area (Å²) in [6.45, 7) is 0. The molecule has 0 saturated carbocycles. The highest BCUT2D eigenvalue weighted by molar-refractivity contribution is 14.2. The van der Waals surface area contributed by atoms with Crippen molar-refractivity contribution in [3.8, 4) is 0 Å². The summed E-state index contributed by atoms with van der Waals surface area (Å²) in [7, 11) is -2.73. The van der Waals surface area contributed by atoms with E-state index < -0.39 is 7.01 Å². The van der Waals surface area contributed by atoms with Crippen molar-refractivity contribution in [3.63, 3.8) is 0 Å². The Morgan fingerprint density at radius 3 is 2.11 bits per heavy atom. The van der Waals surface area contributed by atoms with E-state index in [1.54, 1.807) is 0 Å². The molecule has 0 rings (SSSR count). The fraction of sp³-hybridized carbons (Fsp3) is 1.00. The Labute approximate surface area is 81.4 Å². The molecule has 0 radical (unpaired) electrons. The molecule has 0 amide bonds. The summed E-state index contributed by atoms with van der Waals surface area (Å²) in [5, 5.41) is 0. The van der Waals surface area contributed by atoms with E-state index in [0.717, 1.165) is 17.3 Å². The quantitative estimate of drug-likeness (QED) is 0.327. The van der Waals surface area contributed by atoms with Crippen molar-refractivity contribution in [1.29, 1.82) is 0 Å². The van der Waals surface area contributed by atoms with Crippen molar-refractivity contribution < 1.29 is 8.42 Å². The first-order valence-corrected chi connectivity index (χ1v) is 8.26. The summed E-state index contributed by atoms with van der Waals surface area (Å²) in [6, 6.07) is 0. The highest BCUT2D eigenvalue weighted by Crippen LogP contribution is 2.05. The highest BCUT2D eigenvalue weighted by atomic mass is 127. The van der Waals surface area contributed by atoms with E-state index in [4.69, 9.17) is 0 Å². The van der Waals surface area contributed by atoms with Crippen molar-refractivity contribution in [2.24, 2.45) is 0 Å². The Bertz CT molecular complexity index is 152. The lowest BCUT2D eigenvalue weighted by molar-refractivity contribution is 0.609. The third-order valence-electron chi connectivity index (χ3n) is 0.772. The van der Waals surface area contributed by atoms with Crippen molar-refractivity contribution >= 4 is 50.8 Å². The number of hydrogen-bond donors (Lipinski definition) is 0. The van der Waals surface area contributed by atoms with Crippen LogP contribution >= 0.6 is 43.8 Å². The number of alkyl halides is 1. The van der Waals surface area contributed by atoms with Crippen LogP contribution in [0.4, 0.5) is 0 Å². The zero-order valence-electron chi connectivity index (χ0n) is 4.81. The number of hydrogen-bond acceptors (Lipinski definition) is 2. The Hall–Kier alpha value is 1.41. The second-order valence-corrected chi connectivity index (χ2v) is 8.23. The molecular formula is C4H8I2O2S. The summed E-state index contributed by atoms with van der Waals surface area (Å²) < 4.78 is 22.0. The second-order valence-electron chi connectivity index (χ2n) is 1.64. The fourth-order valence-electron chi connectivity index (χ4n) is 0.369. The van der Waals surface area contributed by atoms with Gasteiger partial charge in [-0.3, -0.25) is 0 Å². The van der Waals surface area contributed by atoms with E-state index in [9.17, 15) is 8.42 Å². The lowest BCUT2D eigenvalue weighted by Gasteiger charge is -1.91. The zero-order chi connectivity index (χ0) is 7.33. The van der Waals surface area contributed by atoms with Gasteiger partial charge in [0.25, 0.3) is 0 Å². The fourth-order valence-corrected chi connectivity index (χ4v) is 2.39. The maximum absolute atomic E-state index is 10.5. The van der Waals surface area contributed by atoms with Gasteiger partial charge in [-0.25, -0.2) is 8.42 Å². The average Bonchev–Trinajstić information content (AvgIpc) is 1.63. The Kier molecular flexibility index (Phi) is 5.91. The van der Waals surface area contributed by atoms with Crippen LogP contribution in [0.5, 0.6) is 0 Å². The van der Waals surface area contributed by atoms with Gasteiger partial charge in [0, 0.05) is 0 Å². The van der Waals surface area contributed by atoms with E-state index in [-0.39, 0.29) is 0 Å². The van der Waals surface area contributed by atoms with Crippen LogP contribution in [0.1, 0.15) is 12.8 Å². The first-order valence-electron chi connectivity index (χ1n) is 2.54. The molecule has 0 N–H and O–H groups in total. The van der Waals surface area contributed by atoms with Crippen LogP contribution in [0.2, 0.25) is 0 Å². The first kappa shape index (κ1) is 10.4. The molecule has 56 valence electrons. The lowest BCUT2D eigenvalue weighted by Crippen LogP contribution is -1.95. The monoisotopic (exact) mass is 374 g/mol. The molecule has 0 atom stereocenters. The molecule has 0 spiro atoms. The van der Waals surface area contributed by atoms with Crippen LogP contribution in [0.3, 0.4) is 0 Å². The first-order chi connectivity index (χ1) is 4.06. The van der Waals surface area contributed by atoms with Gasteiger partial charge in [-0.15, -0.1) is 0 Å². The Balaban J connectivity index is 3.30. The molecule has 2 nitrogen and oxygen atoms in total.